The standard InChI is InChI=1S/C41H66INO14/c1-11-28-20-51-15-14-26-17-22(3)29(44)13-12-21(2)16-27(19-52-41-38(50-10)37(49-9)34(47)25(6)54-41)39(42)56-31(45)18-30(55-28)23(4)36(26)57-40-35(48)32(43(7)8)33(46)24(5)53-40/h11-13,16,22-28,30,32-41,46-48H,1,14-15,17-20H2,2-10H3/b13-12+,21-16+/t22-,23+,24?,25?,26+,27-,28?,30-,32?,33-,34-,35?,36-,37?,38?,39+,40+,41-/m1/s1. The van der Waals surface area contributed by atoms with Crippen molar-refractivity contribution in [2.75, 3.05) is 48.1 Å². The number of esters is 1. The number of methoxy groups -OCH3 is 2. The molecule has 4 aliphatic rings. The van der Waals surface area contributed by atoms with E-state index in [-0.39, 0.29) is 31.3 Å². The number of hydrogen-bond acceptors (Lipinski definition) is 15. The van der Waals surface area contributed by atoms with E-state index in [1.807, 2.05) is 26.8 Å². The predicted octanol–water partition coefficient (Wildman–Crippen LogP) is 2.96. The fraction of sp³-hybridized carbons (Fsp3) is 0.805. The van der Waals surface area contributed by atoms with Crippen LogP contribution in [0.1, 0.15) is 53.9 Å². The zero-order valence-corrected chi connectivity index (χ0v) is 37.0. The van der Waals surface area contributed by atoms with Crippen LogP contribution < -0.4 is 0 Å². The molecule has 2 bridgehead atoms. The molecular formula is C41H66INO14. The van der Waals surface area contributed by atoms with Crippen molar-refractivity contribution in [3.8, 4) is 0 Å². The number of ether oxygens (including phenoxy) is 9. The Hall–Kier alpha value is -1.39. The van der Waals surface area contributed by atoms with Crippen LogP contribution in [0.2, 0.25) is 0 Å². The van der Waals surface area contributed by atoms with E-state index in [1.165, 1.54) is 14.2 Å². The number of halogens is 1. The van der Waals surface area contributed by atoms with Crippen molar-refractivity contribution in [1.82, 2.24) is 4.90 Å². The van der Waals surface area contributed by atoms with E-state index in [0.29, 0.717) is 19.4 Å². The number of rotatable bonds is 9. The van der Waals surface area contributed by atoms with Gasteiger partial charge in [0, 0.05) is 38.6 Å². The number of aliphatic hydroxyl groups excluding tert-OH is 3. The van der Waals surface area contributed by atoms with Crippen LogP contribution in [0, 0.1) is 23.7 Å². The maximum absolute atomic E-state index is 14.0. The summed E-state index contributed by atoms with van der Waals surface area (Å²) < 4.78 is 54.3. The Morgan fingerprint density at radius 3 is 2.25 bits per heavy atom. The molecule has 0 aromatic heterocycles. The van der Waals surface area contributed by atoms with Crippen LogP contribution >= 0.6 is 22.6 Å². The number of allylic oxidation sites excluding steroid dienone is 3. The molecule has 326 valence electrons. The van der Waals surface area contributed by atoms with Crippen molar-refractivity contribution in [2.24, 2.45) is 23.7 Å². The number of aliphatic hydroxyl groups is 3. The van der Waals surface area contributed by atoms with Crippen molar-refractivity contribution >= 4 is 34.3 Å². The first-order valence-electron chi connectivity index (χ1n) is 19.9. The van der Waals surface area contributed by atoms with E-state index >= 15 is 0 Å². The first-order valence-corrected chi connectivity index (χ1v) is 21.2. The monoisotopic (exact) mass is 923 g/mol. The summed E-state index contributed by atoms with van der Waals surface area (Å²) in [5, 5.41) is 33.1. The quantitative estimate of drug-likeness (QED) is 0.133. The van der Waals surface area contributed by atoms with Gasteiger partial charge in [0.15, 0.2) is 22.5 Å². The van der Waals surface area contributed by atoms with Crippen LogP contribution in [0.4, 0.5) is 0 Å². The molecule has 16 heteroatoms. The molecule has 4 rings (SSSR count). The largest absolute Gasteiger partial charge is 0.451 e. The molecule has 0 saturated carbocycles. The minimum atomic E-state index is -1.21. The van der Waals surface area contributed by atoms with E-state index in [0.717, 1.165) is 5.57 Å². The average Bonchev–Trinajstić information content (AvgIpc) is 3.16. The first kappa shape index (κ1) is 48.3. The zero-order chi connectivity index (χ0) is 42.1. The van der Waals surface area contributed by atoms with Crippen LogP contribution in [0.15, 0.2) is 36.5 Å². The summed E-state index contributed by atoms with van der Waals surface area (Å²) in [6, 6.07) is -0.672. The summed E-state index contributed by atoms with van der Waals surface area (Å²) >= 11 is 2.06. The summed E-state index contributed by atoms with van der Waals surface area (Å²) in [7, 11) is 6.52. The molecule has 0 spiro atoms. The van der Waals surface area contributed by atoms with Crippen molar-refractivity contribution in [2.45, 2.75) is 138 Å². The number of ketones is 1. The number of alkyl halides is 1. The van der Waals surface area contributed by atoms with Gasteiger partial charge in [-0.1, -0.05) is 37.6 Å². The highest BCUT2D eigenvalue weighted by Gasteiger charge is 2.48. The van der Waals surface area contributed by atoms with E-state index in [4.69, 9.17) is 42.6 Å². The van der Waals surface area contributed by atoms with Crippen molar-refractivity contribution in [3.63, 3.8) is 0 Å². The van der Waals surface area contributed by atoms with Gasteiger partial charge >= 0.3 is 5.97 Å². The number of hydrogen-bond donors (Lipinski definition) is 3. The third-order valence-corrected chi connectivity index (χ3v) is 12.8. The smallest absolute Gasteiger partial charge is 0.309 e. The number of fused-ring (bicyclic) bond motifs is 3. The first-order chi connectivity index (χ1) is 27.0. The van der Waals surface area contributed by atoms with Gasteiger partial charge < -0.3 is 62.9 Å². The molecule has 0 aromatic rings. The van der Waals surface area contributed by atoms with E-state index in [1.54, 1.807) is 51.1 Å². The van der Waals surface area contributed by atoms with Crippen LogP contribution in [0.25, 0.3) is 0 Å². The minimum absolute atomic E-state index is 0.0365. The molecular weight excluding hydrogens is 857 g/mol. The van der Waals surface area contributed by atoms with Crippen LogP contribution in [0.3, 0.4) is 0 Å². The molecule has 0 amide bonds. The van der Waals surface area contributed by atoms with E-state index in [2.05, 4.69) is 29.2 Å². The van der Waals surface area contributed by atoms with Gasteiger partial charge in [-0.05, 0) is 82.3 Å². The summed E-state index contributed by atoms with van der Waals surface area (Å²) in [6.07, 6.45) is -2.23. The van der Waals surface area contributed by atoms with Crippen LogP contribution in [0.5, 0.6) is 0 Å². The Balaban J connectivity index is 1.69. The number of likely N-dealkylation sites (N-methyl/N-ethyl adjacent to an activating group) is 1. The fourth-order valence-electron chi connectivity index (χ4n) is 8.17. The summed E-state index contributed by atoms with van der Waals surface area (Å²) in [4.78, 5) is 29.5. The minimum Gasteiger partial charge on any atom is -0.451 e. The fourth-order valence-corrected chi connectivity index (χ4v) is 8.87. The Bertz CT molecular complexity index is 1370. The van der Waals surface area contributed by atoms with E-state index in [9.17, 15) is 24.9 Å². The molecule has 0 radical (unpaired) electrons. The Labute approximate surface area is 351 Å². The van der Waals surface area contributed by atoms with E-state index < -0.39 is 107 Å². The second-order valence-corrected chi connectivity index (χ2v) is 17.3. The number of cyclic esters (lactones) is 1. The second kappa shape index (κ2) is 22.5. The molecule has 7 unspecified atom stereocenters. The maximum atomic E-state index is 14.0. The number of carbonyl (C=O) groups is 2. The molecule has 0 aliphatic carbocycles. The lowest BCUT2D eigenvalue weighted by molar-refractivity contribution is -0.306. The van der Waals surface area contributed by atoms with Crippen LogP contribution in [-0.4, -0.2) is 164 Å². The van der Waals surface area contributed by atoms with Gasteiger partial charge in [-0.3, -0.25) is 9.59 Å². The van der Waals surface area contributed by atoms with Gasteiger partial charge in [-0.15, -0.1) is 6.58 Å². The van der Waals surface area contributed by atoms with Gasteiger partial charge in [0.2, 0.25) is 0 Å². The number of nitrogens with zero attached hydrogens (tertiary/aromatic N) is 1. The second-order valence-electron chi connectivity index (χ2n) is 16.1. The Morgan fingerprint density at radius 1 is 0.930 bits per heavy atom. The maximum Gasteiger partial charge on any atom is 0.309 e. The lowest BCUT2D eigenvalue weighted by atomic mass is 9.79. The van der Waals surface area contributed by atoms with Crippen LogP contribution in [-0.2, 0) is 52.2 Å². The molecule has 57 heavy (non-hydrogen) atoms. The SMILES string of the molecule is C=CC1COCC[C@H]2C[C@@H](C)C(=O)/C=C/C(C)=C/[C@H](CO[C@@H]3OC(C)[C@@H](O)C(OC)C3OC)[C@@H](I)OC(=O)C[C@@H](O1)[C@H](C)[C@H]2O[C@@H]1OC(C)[C@@H](O)C(N(C)C)C1O. The molecule has 15 nitrogen and oxygen atoms in total. The molecule has 18 atom stereocenters. The highest BCUT2D eigenvalue weighted by Crippen LogP contribution is 2.37. The van der Waals surface area contributed by atoms with Crippen molar-refractivity contribution < 1.29 is 67.5 Å². The Kier molecular flexibility index (Phi) is 19.0. The normalized spacial score (nSPS) is 44.8. The van der Waals surface area contributed by atoms with Gasteiger partial charge in [0.1, 0.15) is 24.4 Å². The highest BCUT2D eigenvalue weighted by atomic mass is 127. The molecule has 4 heterocycles. The lowest BCUT2D eigenvalue weighted by Crippen LogP contribution is -2.63. The molecule has 3 fully saturated rings. The summed E-state index contributed by atoms with van der Waals surface area (Å²) in [5.41, 5.74) is 0.750. The molecule has 0 aromatic carbocycles. The predicted molar refractivity (Wildman–Crippen MR) is 217 cm³/mol. The summed E-state index contributed by atoms with van der Waals surface area (Å²) in [5.74, 6) is -2.31. The number of carbonyl (C=O) groups excluding carboxylic acids is 2. The Morgan fingerprint density at radius 2 is 1.60 bits per heavy atom. The third kappa shape index (κ3) is 12.6. The van der Waals surface area contributed by atoms with Gasteiger partial charge in [-0.2, -0.15) is 0 Å². The molecule has 3 N–H and O–H groups in total. The molecule has 4 aliphatic heterocycles. The van der Waals surface area contributed by atoms with Crippen molar-refractivity contribution in [1.29, 1.82) is 0 Å². The highest BCUT2D eigenvalue weighted by molar-refractivity contribution is 14.1. The lowest BCUT2D eigenvalue weighted by Gasteiger charge is -2.47. The molecule has 3 saturated heterocycles. The van der Waals surface area contributed by atoms with Gasteiger partial charge in [0.25, 0.3) is 0 Å². The third-order valence-electron chi connectivity index (χ3n) is 11.6. The van der Waals surface area contributed by atoms with Crippen molar-refractivity contribution in [3.05, 3.63) is 36.5 Å². The zero-order valence-electron chi connectivity index (χ0n) is 34.8. The van der Waals surface area contributed by atoms with Gasteiger partial charge in [0.05, 0.1) is 62.3 Å². The summed E-state index contributed by atoms with van der Waals surface area (Å²) in [6.45, 7) is 13.7. The topological polar surface area (TPSA) is 181 Å². The van der Waals surface area contributed by atoms with Gasteiger partial charge in [-0.25, -0.2) is 0 Å². The average molecular weight is 924 g/mol.